The molecule has 0 spiro atoms. The summed E-state index contributed by atoms with van der Waals surface area (Å²) >= 11 is 0. The number of ether oxygens (including phenoxy) is 1. The first-order valence-electron chi connectivity index (χ1n) is 5.10. The molecule has 1 aromatic carbocycles. The van der Waals surface area contributed by atoms with E-state index in [1.165, 1.54) is 7.11 Å². The summed E-state index contributed by atoms with van der Waals surface area (Å²) in [7, 11) is -1.74. The van der Waals surface area contributed by atoms with Gasteiger partial charge in [0.15, 0.2) is 9.84 Å². The summed E-state index contributed by atoms with van der Waals surface area (Å²) in [6.07, 6.45) is 0.223. The second kappa shape index (κ2) is 4.07. The summed E-state index contributed by atoms with van der Waals surface area (Å²) in [6, 6.07) is 6.34. The molecular formula is C11H14O4S. The Kier molecular flexibility index (Phi) is 2.90. The largest absolute Gasteiger partial charge is 0.497 e. The predicted molar refractivity (Wildman–Crippen MR) is 59.2 cm³/mol. The zero-order chi connectivity index (χ0) is 11.8. The fraction of sp³-hybridized carbons (Fsp3) is 0.455. The highest BCUT2D eigenvalue weighted by molar-refractivity contribution is 7.92. The van der Waals surface area contributed by atoms with Gasteiger partial charge in [-0.15, -0.1) is 0 Å². The molecule has 1 fully saturated rings. The van der Waals surface area contributed by atoms with Crippen molar-refractivity contribution in [1.82, 2.24) is 0 Å². The van der Waals surface area contributed by atoms with Crippen LogP contribution < -0.4 is 4.74 Å². The lowest BCUT2D eigenvalue weighted by molar-refractivity contribution is 0.0977. The van der Waals surface area contributed by atoms with E-state index in [4.69, 9.17) is 9.84 Å². The van der Waals surface area contributed by atoms with Crippen LogP contribution in [0.4, 0.5) is 0 Å². The number of aliphatic hydroxyl groups is 1. The number of sulfone groups is 1. The highest BCUT2D eigenvalue weighted by Gasteiger charge is 2.38. The van der Waals surface area contributed by atoms with Gasteiger partial charge in [0.25, 0.3) is 0 Å². The molecule has 0 unspecified atom stereocenters. The van der Waals surface area contributed by atoms with Gasteiger partial charge in [-0.25, -0.2) is 8.42 Å². The smallest absolute Gasteiger partial charge is 0.181 e. The van der Waals surface area contributed by atoms with Gasteiger partial charge in [0.05, 0.1) is 23.4 Å². The van der Waals surface area contributed by atoms with Crippen LogP contribution in [0.15, 0.2) is 29.2 Å². The molecule has 0 atom stereocenters. The normalized spacial score (nSPS) is 24.9. The molecular weight excluding hydrogens is 228 g/mol. The van der Waals surface area contributed by atoms with Crippen LogP contribution in [-0.2, 0) is 9.84 Å². The SMILES string of the molecule is COc1ccc(S(=O)(=O)C2CC(O)C2)cc1. The number of methoxy groups -OCH3 is 1. The average molecular weight is 242 g/mol. The van der Waals surface area contributed by atoms with Crippen LogP contribution in [0, 0.1) is 0 Å². The first kappa shape index (κ1) is 11.4. The molecule has 88 valence electrons. The number of rotatable bonds is 3. The van der Waals surface area contributed by atoms with Gasteiger partial charge in [0.2, 0.25) is 0 Å². The Morgan fingerprint density at radius 2 is 1.81 bits per heavy atom. The maximum absolute atomic E-state index is 12.0. The van der Waals surface area contributed by atoms with Crippen molar-refractivity contribution in [3.63, 3.8) is 0 Å². The Labute approximate surface area is 94.8 Å². The van der Waals surface area contributed by atoms with Crippen LogP contribution in [0.2, 0.25) is 0 Å². The Morgan fingerprint density at radius 1 is 1.25 bits per heavy atom. The van der Waals surface area contributed by atoms with Crippen molar-refractivity contribution in [2.45, 2.75) is 29.1 Å². The van der Waals surface area contributed by atoms with Crippen molar-refractivity contribution in [2.75, 3.05) is 7.11 Å². The molecule has 0 radical (unpaired) electrons. The third-order valence-corrected chi connectivity index (χ3v) is 5.09. The highest BCUT2D eigenvalue weighted by atomic mass is 32.2. The zero-order valence-electron chi connectivity index (χ0n) is 8.96. The Balaban J connectivity index is 2.22. The van der Waals surface area contributed by atoms with E-state index in [-0.39, 0.29) is 0 Å². The van der Waals surface area contributed by atoms with Crippen LogP contribution in [0.5, 0.6) is 5.75 Å². The van der Waals surface area contributed by atoms with E-state index >= 15 is 0 Å². The standard InChI is InChI=1S/C11H14O4S/c1-15-9-2-4-10(5-3-9)16(13,14)11-6-8(12)7-11/h2-5,8,11-12H,6-7H2,1H3. The van der Waals surface area contributed by atoms with Gasteiger partial charge in [-0.05, 0) is 37.1 Å². The molecule has 4 nitrogen and oxygen atoms in total. The van der Waals surface area contributed by atoms with E-state index in [0.29, 0.717) is 23.5 Å². The summed E-state index contributed by atoms with van der Waals surface area (Å²) in [5.41, 5.74) is 0. The van der Waals surface area contributed by atoms with Gasteiger partial charge in [0, 0.05) is 0 Å². The molecule has 2 rings (SSSR count). The van der Waals surface area contributed by atoms with E-state index in [2.05, 4.69) is 0 Å². The number of hydrogen-bond donors (Lipinski definition) is 1. The number of hydrogen-bond acceptors (Lipinski definition) is 4. The maximum Gasteiger partial charge on any atom is 0.181 e. The molecule has 5 heteroatoms. The first-order valence-corrected chi connectivity index (χ1v) is 6.64. The highest BCUT2D eigenvalue weighted by Crippen LogP contribution is 2.32. The monoisotopic (exact) mass is 242 g/mol. The van der Waals surface area contributed by atoms with Crippen LogP contribution in [0.25, 0.3) is 0 Å². The minimum Gasteiger partial charge on any atom is -0.497 e. The van der Waals surface area contributed by atoms with Gasteiger partial charge in [-0.3, -0.25) is 0 Å². The lowest BCUT2D eigenvalue weighted by Crippen LogP contribution is -2.39. The number of benzene rings is 1. The lowest BCUT2D eigenvalue weighted by Gasteiger charge is -2.30. The zero-order valence-corrected chi connectivity index (χ0v) is 9.78. The average Bonchev–Trinajstić information content (AvgIpc) is 2.25. The second-order valence-electron chi connectivity index (χ2n) is 3.97. The molecule has 0 heterocycles. The quantitative estimate of drug-likeness (QED) is 0.858. The van der Waals surface area contributed by atoms with E-state index < -0.39 is 21.2 Å². The molecule has 1 N–H and O–H groups in total. The van der Waals surface area contributed by atoms with Crippen LogP contribution in [0.3, 0.4) is 0 Å². The summed E-state index contributed by atoms with van der Waals surface area (Å²) in [5, 5.41) is 8.69. The molecule has 0 aliphatic heterocycles. The van der Waals surface area contributed by atoms with E-state index in [1.807, 2.05) is 0 Å². The molecule has 1 aliphatic rings. The summed E-state index contributed by atoms with van der Waals surface area (Å²) in [6.45, 7) is 0. The Morgan fingerprint density at radius 3 is 2.25 bits per heavy atom. The van der Waals surface area contributed by atoms with Crippen molar-refractivity contribution < 1.29 is 18.3 Å². The predicted octanol–water partition coefficient (Wildman–Crippen LogP) is 0.992. The van der Waals surface area contributed by atoms with Crippen molar-refractivity contribution in [3.05, 3.63) is 24.3 Å². The molecule has 1 saturated carbocycles. The number of aliphatic hydroxyl groups excluding tert-OH is 1. The minimum atomic E-state index is -3.28. The third-order valence-electron chi connectivity index (χ3n) is 2.90. The van der Waals surface area contributed by atoms with E-state index in [1.54, 1.807) is 24.3 Å². The fourth-order valence-electron chi connectivity index (χ4n) is 1.75. The Hall–Kier alpha value is -1.07. The molecule has 0 bridgehead atoms. The molecule has 0 saturated heterocycles. The molecule has 0 amide bonds. The van der Waals surface area contributed by atoms with E-state index in [0.717, 1.165) is 0 Å². The summed E-state index contributed by atoms with van der Waals surface area (Å²) < 4.78 is 29.0. The molecule has 0 aromatic heterocycles. The maximum atomic E-state index is 12.0. The topological polar surface area (TPSA) is 63.6 Å². The van der Waals surface area contributed by atoms with Crippen molar-refractivity contribution >= 4 is 9.84 Å². The van der Waals surface area contributed by atoms with Gasteiger partial charge >= 0.3 is 0 Å². The minimum absolute atomic E-state index is 0.296. The van der Waals surface area contributed by atoms with E-state index in [9.17, 15) is 8.42 Å². The first-order chi connectivity index (χ1) is 7.54. The van der Waals surface area contributed by atoms with Crippen molar-refractivity contribution in [2.24, 2.45) is 0 Å². The third kappa shape index (κ3) is 1.92. The van der Waals surface area contributed by atoms with Gasteiger partial charge in [-0.2, -0.15) is 0 Å². The fourth-order valence-corrected chi connectivity index (χ4v) is 3.60. The van der Waals surface area contributed by atoms with Crippen LogP contribution in [0.1, 0.15) is 12.8 Å². The Bertz CT molecular complexity index is 457. The summed E-state index contributed by atoms with van der Waals surface area (Å²) in [5.74, 6) is 0.632. The lowest BCUT2D eigenvalue weighted by atomic mass is 9.96. The second-order valence-corrected chi connectivity index (χ2v) is 6.20. The van der Waals surface area contributed by atoms with Gasteiger partial charge in [-0.1, -0.05) is 0 Å². The summed E-state index contributed by atoms with van der Waals surface area (Å²) in [4.78, 5) is 0.296. The van der Waals surface area contributed by atoms with Gasteiger partial charge < -0.3 is 9.84 Å². The molecule has 1 aliphatic carbocycles. The van der Waals surface area contributed by atoms with Crippen LogP contribution in [-0.4, -0.2) is 32.0 Å². The molecule has 16 heavy (non-hydrogen) atoms. The van der Waals surface area contributed by atoms with Crippen molar-refractivity contribution in [3.8, 4) is 5.75 Å². The molecule has 1 aromatic rings. The van der Waals surface area contributed by atoms with Crippen LogP contribution >= 0.6 is 0 Å². The van der Waals surface area contributed by atoms with Gasteiger partial charge in [0.1, 0.15) is 5.75 Å². The van der Waals surface area contributed by atoms with Crippen molar-refractivity contribution in [1.29, 1.82) is 0 Å².